The van der Waals surface area contributed by atoms with Crippen LogP contribution >= 0.6 is 0 Å². The van der Waals surface area contributed by atoms with Crippen molar-refractivity contribution < 1.29 is 8.81 Å². The molecule has 0 unspecified atom stereocenters. The fraction of sp³-hybridized carbons (Fsp3) is 0.109. The van der Waals surface area contributed by atoms with Gasteiger partial charge in [0.25, 0.3) is 0 Å². The number of anilines is 2. The Morgan fingerprint density at radius 2 is 1.37 bits per heavy atom. The predicted molar refractivity (Wildman–Crippen MR) is 287 cm³/mol. The van der Waals surface area contributed by atoms with E-state index in [9.17, 15) is 9.65 Å². The van der Waals surface area contributed by atoms with Gasteiger partial charge >= 0.3 is 0 Å². The molecule has 0 radical (unpaired) electrons. The molecule has 0 spiro atoms. The van der Waals surface area contributed by atoms with Crippen molar-refractivity contribution in [2.75, 3.05) is 4.90 Å². The zero-order chi connectivity index (χ0) is 48.4. The van der Waals surface area contributed by atoms with Gasteiger partial charge in [0.05, 0.1) is 17.2 Å². The van der Waals surface area contributed by atoms with Gasteiger partial charge < -0.3 is 9.32 Å². The standard InChI is InChI=1S/C43H33FN2.C14H16O.C7H8/c1-6-34(24-30(5)28-45)46(35-21-15-20-33(44)26-35)41-27-40-42(37(8-3)36(41)7-2)38-23-22-29(4)25-39(38)43(40,31-16-11-9-12-17-31)32-18-13-10-14-19-32;1-4-7-11-12-9-6-8-10(3)14(12)15-13(11)5-2;1-7-5-3-2-4-6-7/h6-27H,1-3,5H2,4H3;4-5,7-8H,2,6,9H2,1,3H3;2-6H,1H3/b34-24+;7-4-;. The highest BCUT2D eigenvalue weighted by Crippen LogP contribution is 2.59. The van der Waals surface area contributed by atoms with Gasteiger partial charge in [0.1, 0.15) is 17.3 Å². The third kappa shape index (κ3) is 9.25. The van der Waals surface area contributed by atoms with Gasteiger partial charge in [-0.2, -0.15) is 5.26 Å². The van der Waals surface area contributed by atoms with Crippen molar-refractivity contribution in [3.63, 3.8) is 0 Å². The second-order valence-electron chi connectivity index (χ2n) is 16.8. The molecule has 336 valence electrons. The summed E-state index contributed by atoms with van der Waals surface area (Å²) in [4.78, 5) is 1.91. The summed E-state index contributed by atoms with van der Waals surface area (Å²) in [6.07, 6.45) is 17.4. The molecule has 0 aliphatic heterocycles. The van der Waals surface area contributed by atoms with Crippen LogP contribution in [0.1, 0.15) is 87.4 Å². The van der Waals surface area contributed by atoms with Crippen molar-refractivity contribution in [2.24, 2.45) is 0 Å². The maximum absolute atomic E-state index is 14.9. The highest BCUT2D eigenvalue weighted by atomic mass is 19.1. The molecule has 6 aromatic carbocycles. The van der Waals surface area contributed by atoms with E-state index < -0.39 is 5.41 Å². The minimum Gasteiger partial charge on any atom is -0.456 e. The van der Waals surface area contributed by atoms with E-state index in [1.54, 1.807) is 24.3 Å². The van der Waals surface area contributed by atoms with Crippen molar-refractivity contribution in [3.05, 3.63) is 281 Å². The average Bonchev–Trinajstić information content (AvgIpc) is 3.87. The lowest BCUT2D eigenvalue weighted by atomic mass is 9.67. The van der Waals surface area contributed by atoms with E-state index in [1.165, 1.54) is 40.0 Å². The van der Waals surface area contributed by atoms with Gasteiger partial charge in [-0.25, -0.2) is 4.39 Å². The van der Waals surface area contributed by atoms with Crippen LogP contribution in [0.25, 0.3) is 41.0 Å². The minimum absolute atomic E-state index is 0.243. The molecule has 1 aromatic heterocycles. The van der Waals surface area contributed by atoms with E-state index in [0.29, 0.717) is 11.4 Å². The van der Waals surface area contributed by atoms with E-state index in [1.807, 2.05) is 66.4 Å². The Balaban J connectivity index is 0.000000253. The fourth-order valence-electron chi connectivity index (χ4n) is 9.49. The van der Waals surface area contributed by atoms with E-state index in [2.05, 4.69) is 157 Å². The Hall–Kier alpha value is -8.26. The molecule has 1 heterocycles. The summed E-state index contributed by atoms with van der Waals surface area (Å²) >= 11 is 0. The van der Waals surface area contributed by atoms with Gasteiger partial charge in [0.2, 0.25) is 0 Å². The van der Waals surface area contributed by atoms with Crippen LogP contribution in [0, 0.1) is 31.0 Å². The van der Waals surface area contributed by atoms with Gasteiger partial charge in [0, 0.05) is 33.6 Å². The quantitative estimate of drug-likeness (QED) is 0.0959. The zero-order valence-corrected chi connectivity index (χ0v) is 39.5. The molecule has 4 heteroatoms. The number of fused-ring (bicyclic) bond motifs is 4. The molecule has 9 rings (SSSR count). The topological polar surface area (TPSA) is 40.2 Å². The van der Waals surface area contributed by atoms with Crippen LogP contribution in [0.4, 0.5) is 15.8 Å². The van der Waals surface area contributed by atoms with Gasteiger partial charge in [-0.1, -0.05) is 190 Å². The molecular weight excluding hydrogens is 832 g/mol. The van der Waals surface area contributed by atoms with Crippen molar-refractivity contribution in [1.82, 2.24) is 0 Å². The summed E-state index contributed by atoms with van der Waals surface area (Å²) < 4.78 is 20.7. The second-order valence-corrected chi connectivity index (χ2v) is 16.8. The Labute approximate surface area is 402 Å². The maximum atomic E-state index is 14.9. The van der Waals surface area contributed by atoms with Gasteiger partial charge in [-0.3, -0.25) is 0 Å². The number of aryl methyl sites for hydroxylation is 2. The Bertz CT molecular complexity index is 3120. The van der Waals surface area contributed by atoms with E-state index in [0.717, 1.165) is 74.6 Å². The molecule has 0 fully saturated rings. The lowest BCUT2D eigenvalue weighted by molar-refractivity contribution is 0.537. The lowest BCUT2D eigenvalue weighted by Gasteiger charge is -2.36. The number of nitrogens with zero attached hydrogens (tertiary/aromatic N) is 2. The van der Waals surface area contributed by atoms with E-state index in [-0.39, 0.29) is 11.4 Å². The molecular formula is C64H57FN2O. The van der Waals surface area contributed by atoms with Crippen molar-refractivity contribution in [1.29, 1.82) is 5.26 Å². The Morgan fingerprint density at radius 3 is 1.91 bits per heavy atom. The third-order valence-corrected chi connectivity index (χ3v) is 12.4. The molecule has 0 saturated heterocycles. The summed E-state index contributed by atoms with van der Waals surface area (Å²) in [6, 6.07) is 48.7. The van der Waals surface area contributed by atoms with Crippen LogP contribution in [0.2, 0.25) is 0 Å². The number of nitriles is 1. The third-order valence-electron chi connectivity index (χ3n) is 12.4. The zero-order valence-electron chi connectivity index (χ0n) is 39.5. The lowest BCUT2D eigenvalue weighted by Crippen LogP contribution is -2.29. The molecule has 0 atom stereocenters. The Morgan fingerprint density at radius 1 is 0.721 bits per heavy atom. The number of rotatable bonds is 11. The van der Waals surface area contributed by atoms with Crippen molar-refractivity contribution in [2.45, 2.75) is 46.0 Å². The predicted octanol–water partition coefficient (Wildman–Crippen LogP) is 17.4. The smallest absolute Gasteiger partial charge is 0.134 e. The first-order valence-corrected chi connectivity index (χ1v) is 22.8. The van der Waals surface area contributed by atoms with Crippen LogP contribution in [0.3, 0.4) is 0 Å². The molecule has 7 aromatic rings. The molecule has 3 nitrogen and oxygen atoms in total. The highest BCUT2D eigenvalue weighted by Gasteiger charge is 2.48. The molecule has 68 heavy (non-hydrogen) atoms. The summed E-state index contributed by atoms with van der Waals surface area (Å²) in [6.45, 7) is 28.6. The number of halogens is 1. The highest BCUT2D eigenvalue weighted by molar-refractivity contribution is 5.98. The number of hydrogen-bond donors (Lipinski definition) is 0. The minimum atomic E-state index is -0.687. The maximum Gasteiger partial charge on any atom is 0.134 e. The van der Waals surface area contributed by atoms with Gasteiger partial charge in [-0.15, -0.1) is 0 Å². The van der Waals surface area contributed by atoms with E-state index in [4.69, 9.17) is 4.42 Å². The summed E-state index contributed by atoms with van der Waals surface area (Å²) in [5, 5.41) is 9.66. The molecule has 0 N–H and O–H groups in total. The fourth-order valence-corrected chi connectivity index (χ4v) is 9.49. The summed E-state index contributed by atoms with van der Waals surface area (Å²) in [7, 11) is 0. The first-order valence-electron chi connectivity index (χ1n) is 22.8. The van der Waals surface area contributed by atoms with Crippen LogP contribution in [0.15, 0.2) is 212 Å². The SMILES string of the molecule is C=C/C(=C\C(=C)C#N)N(c1cccc(F)c1)c1cc2c(c(C=C)c1C=C)-c1ccc(C)cc1C2(c1ccccc1)c1ccccc1.C=Cc1oc2c(c1/C=C\C)CCC=C2C.Cc1ccccc1. The molecule has 2 aliphatic rings. The number of benzene rings is 6. The monoisotopic (exact) mass is 888 g/mol. The van der Waals surface area contributed by atoms with E-state index >= 15 is 0 Å². The Kier molecular flexibility index (Phi) is 15.0. The van der Waals surface area contributed by atoms with Gasteiger partial charge in [0.15, 0.2) is 0 Å². The number of allylic oxidation sites excluding steroid dienone is 6. The van der Waals surface area contributed by atoms with Gasteiger partial charge in [-0.05, 0) is 128 Å². The number of furan rings is 1. The summed E-state index contributed by atoms with van der Waals surface area (Å²) in [5.41, 5.74) is 16.1. The largest absolute Gasteiger partial charge is 0.456 e. The number of hydrogen-bond acceptors (Lipinski definition) is 3. The molecule has 0 bridgehead atoms. The van der Waals surface area contributed by atoms with Crippen molar-refractivity contribution >= 4 is 41.3 Å². The van der Waals surface area contributed by atoms with Crippen LogP contribution in [-0.2, 0) is 11.8 Å². The molecule has 0 saturated carbocycles. The summed E-state index contributed by atoms with van der Waals surface area (Å²) in [5.74, 6) is 1.55. The van der Waals surface area contributed by atoms with Crippen molar-refractivity contribution in [3.8, 4) is 17.2 Å². The first-order chi connectivity index (χ1) is 33.0. The first kappa shape index (κ1) is 47.7. The van der Waals surface area contributed by atoms with Crippen LogP contribution in [0.5, 0.6) is 0 Å². The van der Waals surface area contributed by atoms with Crippen LogP contribution < -0.4 is 4.90 Å². The second kappa shape index (κ2) is 21.4. The average molecular weight is 889 g/mol. The van der Waals surface area contributed by atoms with Crippen LogP contribution in [-0.4, -0.2) is 0 Å². The normalized spacial score (nSPS) is 12.9. The molecule has 0 amide bonds. The molecule has 2 aliphatic carbocycles.